The minimum atomic E-state index is 0.00504. The number of rotatable bonds is 3. The van der Waals surface area contributed by atoms with Crippen LogP contribution in [0.4, 0.5) is 0 Å². The van der Waals surface area contributed by atoms with E-state index < -0.39 is 0 Å². The number of fused-ring (bicyclic) bond motifs is 1. The fraction of sp³-hybridized carbons (Fsp3) is 0.333. The maximum Gasteiger partial charge on any atom is 0.329 e. The van der Waals surface area contributed by atoms with E-state index in [0.717, 1.165) is 28.8 Å². The van der Waals surface area contributed by atoms with Gasteiger partial charge in [0.2, 0.25) is 0 Å². The third kappa shape index (κ3) is 1.86. The molecular weight excluding hydrogens is 252 g/mol. The summed E-state index contributed by atoms with van der Waals surface area (Å²) in [6.45, 7) is 2.62. The SMILES string of the molecule is CCc1cc(Cn2c(=O)n(C)c3ccccc32)n(C)n1. The van der Waals surface area contributed by atoms with E-state index in [1.54, 1.807) is 9.13 Å². The van der Waals surface area contributed by atoms with Gasteiger partial charge in [0.25, 0.3) is 0 Å². The van der Waals surface area contributed by atoms with Crippen molar-refractivity contribution in [2.24, 2.45) is 14.1 Å². The van der Waals surface area contributed by atoms with E-state index >= 15 is 0 Å². The van der Waals surface area contributed by atoms with Crippen LogP contribution in [-0.2, 0) is 27.1 Å². The Labute approximate surface area is 117 Å². The van der Waals surface area contributed by atoms with E-state index in [1.165, 1.54) is 0 Å². The van der Waals surface area contributed by atoms with Crippen LogP contribution in [0.1, 0.15) is 18.3 Å². The van der Waals surface area contributed by atoms with Crippen molar-refractivity contribution in [2.45, 2.75) is 19.9 Å². The van der Waals surface area contributed by atoms with Crippen molar-refractivity contribution < 1.29 is 0 Å². The van der Waals surface area contributed by atoms with Gasteiger partial charge in [-0.15, -0.1) is 0 Å². The fourth-order valence-electron chi connectivity index (χ4n) is 2.57. The smallest absolute Gasteiger partial charge is 0.295 e. The molecule has 3 rings (SSSR count). The molecule has 0 saturated heterocycles. The normalized spacial score (nSPS) is 11.3. The summed E-state index contributed by atoms with van der Waals surface area (Å²) in [5.41, 5.74) is 4.01. The van der Waals surface area contributed by atoms with Crippen molar-refractivity contribution in [3.8, 4) is 0 Å². The number of hydrogen-bond donors (Lipinski definition) is 0. The first-order valence-electron chi connectivity index (χ1n) is 6.78. The van der Waals surface area contributed by atoms with Crippen LogP contribution >= 0.6 is 0 Å². The molecule has 1 aromatic carbocycles. The van der Waals surface area contributed by atoms with Crippen molar-refractivity contribution in [1.29, 1.82) is 0 Å². The lowest BCUT2D eigenvalue weighted by molar-refractivity contribution is 0.648. The van der Waals surface area contributed by atoms with Crippen molar-refractivity contribution in [3.05, 3.63) is 52.2 Å². The molecule has 0 aliphatic heterocycles. The molecule has 0 radical (unpaired) electrons. The van der Waals surface area contributed by atoms with Crippen LogP contribution in [0.25, 0.3) is 11.0 Å². The van der Waals surface area contributed by atoms with Crippen LogP contribution in [0.3, 0.4) is 0 Å². The minimum Gasteiger partial charge on any atom is -0.295 e. The van der Waals surface area contributed by atoms with E-state index in [4.69, 9.17) is 0 Å². The van der Waals surface area contributed by atoms with Gasteiger partial charge in [-0.2, -0.15) is 5.10 Å². The highest BCUT2D eigenvalue weighted by molar-refractivity contribution is 5.75. The summed E-state index contributed by atoms with van der Waals surface area (Å²) in [7, 11) is 3.73. The van der Waals surface area contributed by atoms with Gasteiger partial charge in [-0.1, -0.05) is 19.1 Å². The first kappa shape index (κ1) is 12.7. The highest BCUT2D eigenvalue weighted by atomic mass is 16.1. The topological polar surface area (TPSA) is 44.8 Å². The molecule has 20 heavy (non-hydrogen) atoms. The summed E-state index contributed by atoms with van der Waals surface area (Å²) in [6.07, 6.45) is 0.901. The number of aromatic nitrogens is 4. The van der Waals surface area contributed by atoms with Gasteiger partial charge >= 0.3 is 5.69 Å². The van der Waals surface area contributed by atoms with E-state index in [0.29, 0.717) is 6.54 Å². The fourth-order valence-corrected chi connectivity index (χ4v) is 2.57. The zero-order valence-corrected chi connectivity index (χ0v) is 12.0. The van der Waals surface area contributed by atoms with E-state index in [1.807, 2.05) is 43.0 Å². The molecule has 0 unspecified atom stereocenters. The lowest BCUT2D eigenvalue weighted by Crippen LogP contribution is -2.23. The molecule has 104 valence electrons. The first-order valence-corrected chi connectivity index (χ1v) is 6.78. The Morgan fingerprint density at radius 2 is 1.85 bits per heavy atom. The summed E-state index contributed by atoms with van der Waals surface area (Å²) in [5, 5.41) is 4.44. The summed E-state index contributed by atoms with van der Waals surface area (Å²) < 4.78 is 5.34. The van der Waals surface area contributed by atoms with Gasteiger partial charge in [0, 0.05) is 14.1 Å². The van der Waals surface area contributed by atoms with Gasteiger partial charge in [-0.3, -0.25) is 13.8 Å². The second kappa shape index (κ2) is 4.67. The quantitative estimate of drug-likeness (QED) is 0.727. The molecule has 0 aliphatic rings. The van der Waals surface area contributed by atoms with Crippen LogP contribution in [0.2, 0.25) is 0 Å². The number of para-hydroxylation sites is 2. The molecule has 0 aliphatic carbocycles. The van der Waals surface area contributed by atoms with Crippen LogP contribution in [0.15, 0.2) is 35.1 Å². The number of benzene rings is 1. The largest absolute Gasteiger partial charge is 0.329 e. The zero-order chi connectivity index (χ0) is 14.3. The molecule has 5 nitrogen and oxygen atoms in total. The highest BCUT2D eigenvalue weighted by Gasteiger charge is 2.12. The van der Waals surface area contributed by atoms with Gasteiger partial charge in [0.05, 0.1) is 29.0 Å². The maximum atomic E-state index is 12.4. The third-order valence-corrected chi connectivity index (χ3v) is 3.76. The van der Waals surface area contributed by atoms with Gasteiger partial charge in [0.15, 0.2) is 0 Å². The number of imidazole rings is 1. The lowest BCUT2D eigenvalue weighted by Gasteiger charge is -2.03. The molecule has 0 fully saturated rings. The Morgan fingerprint density at radius 3 is 2.50 bits per heavy atom. The summed E-state index contributed by atoms with van der Waals surface area (Å²) in [4.78, 5) is 12.4. The summed E-state index contributed by atoms with van der Waals surface area (Å²) >= 11 is 0. The highest BCUT2D eigenvalue weighted by Crippen LogP contribution is 2.14. The molecular formula is C15H18N4O. The number of hydrogen-bond acceptors (Lipinski definition) is 2. The van der Waals surface area contributed by atoms with E-state index in [9.17, 15) is 4.79 Å². The molecule has 2 heterocycles. The molecule has 0 amide bonds. The molecule has 0 N–H and O–H groups in total. The lowest BCUT2D eigenvalue weighted by atomic mass is 10.3. The van der Waals surface area contributed by atoms with Crippen molar-refractivity contribution in [3.63, 3.8) is 0 Å². The average Bonchev–Trinajstić information content (AvgIpc) is 2.93. The third-order valence-electron chi connectivity index (χ3n) is 3.76. The molecule has 3 aromatic rings. The van der Waals surface area contributed by atoms with Crippen molar-refractivity contribution in [1.82, 2.24) is 18.9 Å². The van der Waals surface area contributed by atoms with Crippen LogP contribution in [0, 0.1) is 0 Å². The maximum absolute atomic E-state index is 12.4. The molecule has 5 heteroatoms. The predicted octanol–water partition coefficient (Wildman–Crippen LogP) is 1.68. The second-order valence-corrected chi connectivity index (χ2v) is 5.02. The Kier molecular flexibility index (Phi) is 2.97. The standard InChI is InChI=1S/C15H18N4O/c1-4-11-9-12(18(3)16-11)10-19-14-8-6-5-7-13(14)17(2)15(19)20/h5-9H,4,10H2,1-3H3. The molecule has 2 aromatic heterocycles. The molecule has 0 bridgehead atoms. The van der Waals surface area contributed by atoms with Gasteiger partial charge in [-0.05, 0) is 24.6 Å². The van der Waals surface area contributed by atoms with Crippen LogP contribution < -0.4 is 5.69 Å². The van der Waals surface area contributed by atoms with Crippen LogP contribution in [-0.4, -0.2) is 18.9 Å². The predicted molar refractivity (Wildman–Crippen MR) is 78.9 cm³/mol. The Balaban J connectivity index is 2.13. The van der Waals surface area contributed by atoms with E-state index in [2.05, 4.69) is 18.1 Å². The van der Waals surface area contributed by atoms with Crippen LogP contribution in [0.5, 0.6) is 0 Å². The summed E-state index contributed by atoms with van der Waals surface area (Å²) in [6, 6.07) is 9.92. The monoisotopic (exact) mass is 270 g/mol. The molecule has 0 atom stereocenters. The summed E-state index contributed by atoms with van der Waals surface area (Å²) in [5.74, 6) is 0. The average molecular weight is 270 g/mol. The Bertz CT molecular complexity index is 822. The van der Waals surface area contributed by atoms with Gasteiger partial charge < -0.3 is 0 Å². The Hall–Kier alpha value is -2.30. The second-order valence-electron chi connectivity index (χ2n) is 5.02. The molecule has 0 saturated carbocycles. The number of nitrogens with zero attached hydrogens (tertiary/aromatic N) is 4. The zero-order valence-electron chi connectivity index (χ0n) is 12.0. The van der Waals surface area contributed by atoms with E-state index in [-0.39, 0.29) is 5.69 Å². The molecule has 0 spiro atoms. The first-order chi connectivity index (χ1) is 9.61. The Morgan fingerprint density at radius 1 is 1.15 bits per heavy atom. The number of aryl methyl sites for hydroxylation is 3. The minimum absolute atomic E-state index is 0.00504. The van der Waals surface area contributed by atoms with Gasteiger partial charge in [-0.25, -0.2) is 4.79 Å². The van der Waals surface area contributed by atoms with Crippen molar-refractivity contribution in [2.75, 3.05) is 0 Å². The van der Waals surface area contributed by atoms with Gasteiger partial charge in [0.1, 0.15) is 0 Å². The van der Waals surface area contributed by atoms with Crippen molar-refractivity contribution >= 4 is 11.0 Å².